The summed E-state index contributed by atoms with van der Waals surface area (Å²) in [4.78, 5) is 5.42. The van der Waals surface area contributed by atoms with Crippen molar-refractivity contribution in [2.45, 2.75) is 46.1 Å². The summed E-state index contributed by atoms with van der Waals surface area (Å²) in [6.45, 7) is 8.47. The van der Waals surface area contributed by atoms with Gasteiger partial charge in [-0.3, -0.25) is 4.84 Å². The topological polar surface area (TPSA) is 32.7 Å². The van der Waals surface area contributed by atoms with Gasteiger partial charge in [0.05, 0.1) is 12.7 Å². The van der Waals surface area contributed by atoms with Crippen LogP contribution in [0.25, 0.3) is 0 Å². The van der Waals surface area contributed by atoms with Gasteiger partial charge in [0.2, 0.25) is 0 Å². The summed E-state index contributed by atoms with van der Waals surface area (Å²) in [5.41, 5.74) is 0. The van der Waals surface area contributed by atoms with Crippen LogP contribution in [-0.2, 0) is 4.84 Å². The molecule has 1 N–H and O–H groups in total. The Balaban J connectivity index is 3.53. The second kappa shape index (κ2) is 8.48. The van der Waals surface area contributed by atoms with Crippen molar-refractivity contribution in [3.05, 3.63) is 0 Å². The molecule has 1 unspecified atom stereocenters. The molecule has 80 valence electrons. The normalized spacial score (nSPS) is 13.6. The number of hydrogen-bond acceptors (Lipinski definition) is 3. The Morgan fingerprint density at radius 3 is 2.46 bits per heavy atom. The smallest absolute Gasteiger partial charge is 0.0656 e. The van der Waals surface area contributed by atoms with E-state index in [1.54, 1.807) is 0 Å². The number of hydrogen-bond donors (Lipinski definition) is 1. The number of nitrogens with zero attached hydrogens (tertiary/aromatic N) is 1. The molecule has 0 aliphatic carbocycles. The van der Waals surface area contributed by atoms with Crippen LogP contribution in [0, 0.1) is 0 Å². The van der Waals surface area contributed by atoms with E-state index in [1.807, 2.05) is 18.9 Å². The Morgan fingerprint density at radius 2 is 2.00 bits per heavy atom. The van der Waals surface area contributed by atoms with E-state index < -0.39 is 0 Å². The third-order valence-electron chi connectivity index (χ3n) is 1.87. The van der Waals surface area contributed by atoms with E-state index in [1.165, 1.54) is 6.42 Å². The lowest BCUT2D eigenvalue weighted by Crippen LogP contribution is -2.28. The second-order valence-electron chi connectivity index (χ2n) is 3.34. The third kappa shape index (κ3) is 8.22. The molecule has 0 saturated heterocycles. The van der Waals surface area contributed by atoms with Crippen LogP contribution < -0.4 is 0 Å². The Kier molecular flexibility index (Phi) is 8.40. The van der Waals surface area contributed by atoms with E-state index in [4.69, 9.17) is 9.94 Å². The van der Waals surface area contributed by atoms with Crippen LogP contribution in [0.15, 0.2) is 0 Å². The molecule has 1 atom stereocenters. The Hall–Kier alpha value is -0.120. The number of aliphatic hydroxyl groups excluding tert-OH is 1. The maximum absolute atomic E-state index is 9.11. The molecule has 0 heterocycles. The van der Waals surface area contributed by atoms with Gasteiger partial charge in [0.1, 0.15) is 0 Å². The predicted octanol–water partition coefficient (Wildman–Crippen LogP) is 1.81. The van der Waals surface area contributed by atoms with Gasteiger partial charge in [-0.25, -0.2) is 0 Å². The van der Waals surface area contributed by atoms with E-state index in [-0.39, 0.29) is 6.10 Å². The Bertz CT molecular complexity index is 107. The van der Waals surface area contributed by atoms with Crippen molar-refractivity contribution < 1.29 is 9.94 Å². The van der Waals surface area contributed by atoms with Crippen LogP contribution >= 0.6 is 0 Å². The molecule has 0 aromatic heterocycles. The monoisotopic (exact) mass is 189 g/mol. The van der Waals surface area contributed by atoms with Gasteiger partial charge < -0.3 is 5.11 Å². The van der Waals surface area contributed by atoms with E-state index in [0.29, 0.717) is 6.61 Å². The number of hydroxylamine groups is 2. The fourth-order valence-corrected chi connectivity index (χ4v) is 1.09. The first kappa shape index (κ1) is 12.9. The first-order valence-electron chi connectivity index (χ1n) is 5.26. The highest BCUT2D eigenvalue weighted by molar-refractivity contribution is 4.52. The SMILES string of the molecule is CCCCN(CCC(C)O)OCC. The summed E-state index contributed by atoms with van der Waals surface area (Å²) < 4.78 is 0. The molecular formula is C10H23NO2. The summed E-state index contributed by atoms with van der Waals surface area (Å²) in [5.74, 6) is 0. The molecule has 0 fully saturated rings. The minimum atomic E-state index is -0.232. The predicted molar refractivity (Wildman–Crippen MR) is 54.4 cm³/mol. The van der Waals surface area contributed by atoms with Crippen molar-refractivity contribution in [3.8, 4) is 0 Å². The number of aliphatic hydroxyl groups is 1. The van der Waals surface area contributed by atoms with Crippen molar-refractivity contribution in [2.24, 2.45) is 0 Å². The van der Waals surface area contributed by atoms with Crippen LogP contribution in [0.5, 0.6) is 0 Å². The van der Waals surface area contributed by atoms with E-state index in [9.17, 15) is 0 Å². The van der Waals surface area contributed by atoms with Crippen LogP contribution in [0.4, 0.5) is 0 Å². The van der Waals surface area contributed by atoms with Crippen molar-refractivity contribution >= 4 is 0 Å². The zero-order valence-electron chi connectivity index (χ0n) is 9.12. The zero-order valence-corrected chi connectivity index (χ0v) is 9.12. The average Bonchev–Trinajstić information content (AvgIpc) is 2.09. The Labute approximate surface area is 81.6 Å². The van der Waals surface area contributed by atoms with Gasteiger partial charge in [-0.1, -0.05) is 13.3 Å². The second-order valence-corrected chi connectivity index (χ2v) is 3.34. The van der Waals surface area contributed by atoms with Crippen molar-refractivity contribution in [1.29, 1.82) is 0 Å². The quantitative estimate of drug-likeness (QED) is 0.591. The highest BCUT2D eigenvalue weighted by Crippen LogP contribution is 2.00. The van der Waals surface area contributed by atoms with Crippen molar-refractivity contribution in [2.75, 3.05) is 19.7 Å². The maximum Gasteiger partial charge on any atom is 0.0656 e. The molecule has 13 heavy (non-hydrogen) atoms. The number of rotatable bonds is 8. The lowest BCUT2D eigenvalue weighted by Gasteiger charge is -2.21. The van der Waals surface area contributed by atoms with Gasteiger partial charge in [0, 0.05) is 13.1 Å². The van der Waals surface area contributed by atoms with Crippen LogP contribution in [-0.4, -0.2) is 36.0 Å². The minimum Gasteiger partial charge on any atom is -0.393 e. The maximum atomic E-state index is 9.11. The third-order valence-corrected chi connectivity index (χ3v) is 1.87. The van der Waals surface area contributed by atoms with Gasteiger partial charge >= 0.3 is 0 Å². The van der Waals surface area contributed by atoms with E-state index >= 15 is 0 Å². The molecule has 0 rings (SSSR count). The van der Waals surface area contributed by atoms with Gasteiger partial charge in [-0.2, -0.15) is 5.06 Å². The minimum absolute atomic E-state index is 0.232. The van der Waals surface area contributed by atoms with Gasteiger partial charge in [-0.15, -0.1) is 0 Å². The van der Waals surface area contributed by atoms with Crippen molar-refractivity contribution in [1.82, 2.24) is 5.06 Å². The van der Waals surface area contributed by atoms with Crippen LogP contribution in [0.1, 0.15) is 40.0 Å². The Morgan fingerprint density at radius 1 is 1.31 bits per heavy atom. The molecule has 0 radical (unpaired) electrons. The van der Waals surface area contributed by atoms with Gasteiger partial charge in [0.15, 0.2) is 0 Å². The summed E-state index contributed by atoms with van der Waals surface area (Å²) in [6, 6.07) is 0. The van der Waals surface area contributed by atoms with Crippen LogP contribution in [0.3, 0.4) is 0 Å². The van der Waals surface area contributed by atoms with E-state index in [2.05, 4.69) is 6.92 Å². The lowest BCUT2D eigenvalue weighted by atomic mass is 10.3. The molecule has 0 aromatic rings. The van der Waals surface area contributed by atoms with Gasteiger partial charge in [-0.05, 0) is 26.7 Å². The molecular weight excluding hydrogens is 166 g/mol. The molecule has 0 saturated carbocycles. The fraction of sp³-hybridized carbons (Fsp3) is 1.00. The van der Waals surface area contributed by atoms with Gasteiger partial charge in [0.25, 0.3) is 0 Å². The molecule has 0 bridgehead atoms. The molecule has 0 aliphatic heterocycles. The molecule has 0 amide bonds. The largest absolute Gasteiger partial charge is 0.393 e. The molecule has 0 spiro atoms. The zero-order chi connectivity index (χ0) is 10.1. The number of unbranched alkanes of at least 4 members (excludes halogenated alkanes) is 1. The standard InChI is InChI=1S/C10H23NO2/c1-4-6-8-11(13-5-2)9-7-10(3)12/h10,12H,4-9H2,1-3H3. The average molecular weight is 189 g/mol. The van der Waals surface area contributed by atoms with E-state index in [0.717, 1.165) is 25.9 Å². The molecule has 0 aromatic carbocycles. The molecule has 3 nitrogen and oxygen atoms in total. The van der Waals surface area contributed by atoms with Crippen molar-refractivity contribution in [3.63, 3.8) is 0 Å². The fourth-order valence-electron chi connectivity index (χ4n) is 1.09. The molecule has 3 heteroatoms. The summed E-state index contributed by atoms with van der Waals surface area (Å²) in [7, 11) is 0. The first-order valence-corrected chi connectivity index (χ1v) is 5.26. The summed E-state index contributed by atoms with van der Waals surface area (Å²) in [5, 5.41) is 11.1. The molecule has 0 aliphatic rings. The first-order chi connectivity index (χ1) is 6.20. The highest BCUT2D eigenvalue weighted by Gasteiger charge is 2.05. The summed E-state index contributed by atoms with van der Waals surface area (Å²) in [6.07, 6.45) is 2.88. The summed E-state index contributed by atoms with van der Waals surface area (Å²) >= 11 is 0. The highest BCUT2D eigenvalue weighted by atomic mass is 16.7. The lowest BCUT2D eigenvalue weighted by molar-refractivity contribution is -0.158. The van der Waals surface area contributed by atoms with Crippen LogP contribution in [0.2, 0.25) is 0 Å².